The highest BCUT2D eigenvalue weighted by Gasteiger charge is 2.19. The standard InChI is InChI=1S/C12H14N2O6/c13-11(17)7-3-1-2-4-9(7)20-6-10(16)14-8(5-15)12(18)19/h1-4,8,15H,5-6H2,(H2,13,17)(H,14,16)(H,18,19)/t8-/m1/s1. The zero-order chi connectivity index (χ0) is 15.1. The number of carboxylic acids is 1. The number of nitrogens with one attached hydrogen (secondary N) is 1. The topological polar surface area (TPSA) is 139 Å². The van der Waals surface area contributed by atoms with E-state index in [4.69, 9.17) is 20.7 Å². The number of para-hydroxylation sites is 1. The molecule has 108 valence electrons. The number of carbonyl (C=O) groups is 3. The first-order chi connectivity index (χ1) is 9.45. The van der Waals surface area contributed by atoms with Crippen LogP contribution in [0.5, 0.6) is 5.75 Å². The molecule has 0 fully saturated rings. The molecule has 0 aliphatic rings. The molecule has 1 aromatic rings. The third-order valence-electron chi connectivity index (χ3n) is 2.33. The quantitative estimate of drug-likeness (QED) is 0.491. The molecule has 1 aromatic carbocycles. The van der Waals surface area contributed by atoms with Crippen LogP contribution in [0.4, 0.5) is 0 Å². The Balaban J connectivity index is 2.61. The van der Waals surface area contributed by atoms with Gasteiger partial charge in [-0.1, -0.05) is 12.1 Å². The number of ether oxygens (including phenoxy) is 1. The predicted octanol–water partition coefficient (Wildman–Crippen LogP) is -1.27. The Morgan fingerprint density at radius 1 is 1.30 bits per heavy atom. The van der Waals surface area contributed by atoms with E-state index >= 15 is 0 Å². The Morgan fingerprint density at radius 3 is 2.50 bits per heavy atom. The SMILES string of the molecule is NC(=O)c1ccccc1OCC(=O)N[C@H](CO)C(=O)O. The number of hydrogen-bond donors (Lipinski definition) is 4. The van der Waals surface area contributed by atoms with E-state index in [-0.39, 0.29) is 11.3 Å². The molecule has 0 spiro atoms. The summed E-state index contributed by atoms with van der Waals surface area (Å²) < 4.78 is 5.10. The lowest BCUT2D eigenvalue weighted by Gasteiger charge is -2.13. The number of primary amides is 1. The molecule has 0 radical (unpaired) electrons. The fraction of sp³-hybridized carbons (Fsp3) is 0.250. The second kappa shape index (κ2) is 7.10. The van der Waals surface area contributed by atoms with Crippen LogP contribution in [-0.2, 0) is 9.59 Å². The number of hydrogen-bond acceptors (Lipinski definition) is 5. The number of carboxylic acid groups (broad SMARTS) is 1. The number of aliphatic hydroxyl groups excluding tert-OH is 1. The van der Waals surface area contributed by atoms with Gasteiger partial charge >= 0.3 is 5.97 Å². The molecule has 1 atom stereocenters. The van der Waals surface area contributed by atoms with Gasteiger partial charge in [-0.3, -0.25) is 9.59 Å². The lowest BCUT2D eigenvalue weighted by Crippen LogP contribution is -2.45. The van der Waals surface area contributed by atoms with Crippen molar-refractivity contribution in [2.75, 3.05) is 13.2 Å². The van der Waals surface area contributed by atoms with Crippen LogP contribution in [0.2, 0.25) is 0 Å². The number of aliphatic carboxylic acids is 1. The lowest BCUT2D eigenvalue weighted by molar-refractivity contribution is -0.143. The molecule has 0 aromatic heterocycles. The maximum atomic E-state index is 11.4. The minimum absolute atomic E-state index is 0.109. The van der Waals surface area contributed by atoms with Crippen LogP contribution in [-0.4, -0.2) is 47.3 Å². The van der Waals surface area contributed by atoms with Gasteiger partial charge in [0.1, 0.15) is 11.8 Å². The maximum absolute atomic E-state index is 11.4. The van der Waals surface area contributed by atoms with Crippen LogP contribution in [0.15, 0.2) is 24.3 Å². The molecule has 0 heterocycles. The van der Waals surface area contributed by atoms with Gasteiger partial charge in [-0.15, -0.1) is 0 Å². The van der Waals surface area contributed by atoms with Crippen LogP contribution < -0.4 is 15.8 Å². The van der Waals surface area contributed by atoms with E-state index in [1.165, 1.54) is 12.1 Å². The number of rotatable bonds is 7. The lowest BCUT2D eigenvalue weighted by atomic mass is 10.2. The Morgan fingerprint density at radius 2 is 1.95 bits per heavy atom. The molecule has 0 aliphatic carbocycles. The van der Waals surface area contributed by atoms with Gasteiger partial charge in [0, 0.05) is 0 Å². The number of carbonyl (C=O) groups excluding carboxylic acids is 2. The monoisotopic (exact) mass is 282 g/mol. The summed E-state index contributed by atoms with van der Waals surface area (Å²) in [6, 6.07) is 4.65. The minimum Gasteiger partial charge on any atom is -0.483 e. The van der Waals surface area contributed by atoms with E-state index in [1.54, 1.807) is 12.1 Å². The molecule has 0 saturated carbocycles. The molecular weight excluding hydrogens is 268 g/mol. The maximum Gasteiger partial charge on any atom is 0.328 e. The molecule has 5 N–H and O–H groups in total. The third kappa shape index (κ3) is 4.25. The van der Waals surface area contributed by atoms with Gasteiger partial charge < -0.3 is 26.0 Å². The fourth-order valence-corrected chi connectivity index (χ4v) is 1.36. The molecule has 1 rings (SSSR count). The number of benzene rings is 1. The predicted molar refractivity (Wildman–Crippen MR) is 67.1 cm³/mol. The Bertz CT molecular complexity index is 516. The van der Waals surface area contributed by atoms with Gasteiger partial charge in [-0.25, -0.2) is 4.79 Å². The van der Waals surface area contributed by atoms with Gasteiger partial charge in [-0.2, -0.15) is 0 Å². The van der Waals surface area contributed by atoms with E-state index in [9.17, 15) is 14.4 Å². The molecule has 0 unspecified atom stereocenters. The molecule has 2 amide bonds. The number of nitrogens with two attached hydrogens (primary N) is 1. The van der Waals surface area contributed by atoms with E-state index < -0.39 is 37.0 Å². The van der Waals surface area contributed by atoms with Crippen molar-refractivity contribution < 1.29 is 29.3 Å². The summed E-state index contributed by atoms with van der Waals surface area (Å²) in [4.78, 5) is 33.2. The van der Waals surface area contributed by atoms with Crippen LogP contribution in [0.25, 0.3) is 0 Å². The van der Waals surface area contributed by atoms with Gasteiger partial charge in [-0.05, 0) is 12.1 Å². The highest BCUT2D eigenvalue weighted by atomic mass is 16.5. The Hall–Kier alpha value is -2.61. The zero-order valence-corrected chi connectivity index (χ0v) is 10.4. The van der Waals surface area contributed by atoms with Crippen molar-refractivity contribution in [3.05, 3.63) is 29.8 Å². The van der Waals surface area contributed by atoms with Gasteiger partial charge in [0.05, 0.1) is 12.2 Å². The van der Waals surface area contributed by atoms with E-state index in [0.717, 1.165) is 0 Å². The summed E-state index contributed by atoms with van der Waals surface area (Å²) in [7, 11) is 0. The minimum atomic E-state index is -1.41. The van der Waals surface area contributed by atoms with Crippen LogP contribution in [0, 0.1) is 0 Å². The zero-order valence-electron chi connectivity index (χ0n) is 10.4. The fourth-order valence-electron chi connectivity index (χ4n) is 1.36. The van der Waals surface area contributed by atoms with Crippen LogP contribution >= 0.6 is 0 Å². The summed E-state index contributed by atoms with van der Waals surface area (Å²) in [6.07, 6.45) is 0. The summed E-state index contributed by atoms with van der Waals surface area (Å²) in [6.45, 7) is -1.24. The molecule has 8 nitrogen and oxygen atoms in total. The van der Waals surface area contributed by atoms with Gasteiger partial charge in [0.25, 0.3) is 11.8 Å². The molecule has 20 heavy (non-hydrogen) atoms. The van der Waals surface area contributed by atoms with E-state index in [1.807, 2.05) is 0 Å². The smallest absolute Gasteiger partial charge is 0.328 e. The summed E-state index contributed by atoms with van der Waals surface area (Å²) in [5.74, 6) is -2.70. The van der Waals surface area contributed by atoms with Crippen molar-refractivity contribution in [3.63, 3.8) is 0 Å². The normalized spacial score (nSPS) is 11.4. The second-order valence-corrected chi connectivity index (χ2v) is 3.79. The van der Waals surface area contributed by atoms with Crippen molar-refractivity contribution in [2.45, 2.75) is 6.04 Å². The highest BCUT2D eigenvalue weighted by molar-refractivity contribution is 5.95. The molecule has 8 heteroatoms. The second-order valence-electron chi connectivity index (χ2n) is 3.79. The molecule has 0 aliphatic heterocycles. The first kappa shape index (κ1) is 15.4. The first-order valence-corrected chi connectivity index (χ1v) is 5.60. The van der Waals surface area contributed by atoms with Gasteiger partial charge in [0.15, 0.2) is 6.61 Å². The van der Waals surface area contributed by atoms with Crippen molar-refractivity contribution >= 4 is 17.8 Å². The van der Waals surface area contributed by atoms with E-state index in [2.05, 4.69) is 5.32 Å². The number of amides is 2. The van der Waals surface area contributed by atoms with Crippen LogP contribution in [0.3, 0.4) is 0 Å². The van der Waals surface area contributed by atoms with Crippen molar-refractivity contribution in [3.8, 4) is 5.75 Å². The molecular formula is C12H14N2O6. The van der Waals surface area contributed by atoms with Crippen molar-refractivity contribution in [1.82, 2.24) is 5.32 Å². The summed E-state index contributed by atoms with van der Waals surface area (Å²) >= 11 is 0. The summed E-state index contributed by atoms with van der Waals surface area (Å²) in [5, 5.41) is 19.5. The third-order valence-corrected chi connectivity index (χ3v) is 2.33. The molecule has 0 saturated heterocycles. The van der Waals surface area contributed by atoms with Crippen LogP contribution in [0.1, 0.15) is 10.4 Å². The Kier molecular flexibility index (Phi) is 5.48. The van der Waals surface area contributed by atoms with Crippen molar-refractivity contribution in [2.24, 2.45) is 5.73 Å². The van der Waals surface area contributed by atoms with Crippen molar-refractivity contribution in [1.29, 1.82) is 0 Å². The highest BCUT2D eigenvalue weighted by Crippen LogP contribution is 2.16. The average Bonchev–Trinajstić information content (AvgIpc) is 2.42. The van der Waals surface area contributed by atoms with Gasteiger partial charge in [0.2, 0.25) is 0 Å². The number of aliphatic hydroxyl groups is 1. The molecule has 0 bridgehead atoms. The Labute approximate surface area is 114 Å². The summed E-state index contributed by atoms with van der Waals surface area (Å²) in [5.41, 5.74) is 5.24. The van der Waals surface area contributed by atoms with E-state index in [0.29, 0.717) is 0 Å². The first-order valence-electron chi connectivity index (χ1n) is 5.60. The largest absolute Gasteiger partial charge is 0.483 e. The average molecular weight is 282 g/mol.